The van der Waals surface area contributed by atoms with Crippen molar-refractivity contribution in [1.82, 2.24) is 19.7 Å². The van der Waals surface area contributed by atoms with E-state index < -0.39 is 0 Å². The number of hydrogen-bond donors (Lipinski definition) is 0. The first-order chi connectivity index (χ1) is 11.7. The van der Waals surface area contributed by atoms with Crippen molar-refractivity contribution < 1.29 is 4.52 Å². The van der Waals surface area contributed by atoms with Gasteiger partial charge in [0.2, 0.25) is 11.7 Å². The van der Waals surface area contributed by atoms with Crippen LogP contribution in [0.3, 0.4) is 0 Å². The van der Waals surface area contributed by atoms with E-state index in [-0.39, 0.29) is 5.56 Å². The summed E-state index contributed by atoms with van der Waals surface area (Å²) in [4.78, 5) is 21.3. The number of fused-ring (bicyclic) bond motifs is 1. The molecule has 0 atom stereocenters. The zero-order valence-electron chi connectivity index (χ0n) is 12.7. The van der Waals surface area contributed by atoms with Crippen LogP contribution < -0.4 is 5.56 Å². The van der Waals surface area contributed by atoms with E-state index in [1.165, 1.54) is 11.8 Å². The van der Waals surface area contributed by atoms with Crippen LogP contribution in [0.5, 0.6) is 0 Å². The van der Waals surface area contributed by atoms with Gasteiger partial charge in [-0.15, -0.1) is 0 Å². The number of nitrogens with zero attached hydrogens (tertiary/aromatic N) is 4. The van der Waals surface area contributed by atoms with Gasteiger partial charge in [0.25, 0.3) is 5.56 Å². The Kier molecular flexibility index (Phi) is 3.91. The van der Waals surface area contributed by atoms with Crippen molar-refractivity contribution in [2.75, 3.05) is 0 Å². The molecule has 24 heavy (non-hydrogen) atoms. The van der Waals surface area contributed by atoms with E-state index in [1.807, 2.05) is 35.0 Å². The van der Waals surface area contributed by atoms with Crippen molar-refractivity contribution in [3.63, 3.8) is 0 Å². The SMILES string of the molecule is Cn1c(SCc2nc(-c3ccsc3)no2)nc2ccccc2c1=O. The van der Waals surface area contributed by atoms with Crippen LogP contribution in [0.2, 0.25) is 0 Å². The molecule has 0 aliphatic heterocycles. The molecular weight excluding hydrogens is 344 g/mol. The third-order valence-corrected chi connectivity index (χ3v) is 5.21. The van der Waals surface area contributed by atoms with E-state index in [9.17, 15) is 4.79 Å². The van der Waals surface area contributed by atoms with E-state index in [2.05, 4.69) is 15.1 Å². The Balaban J connectivity index is 1.59. The molecule has 0 aliphatic rings. The Morgan fingerprint density at radius 3 is 2.96 bits per heavy atom. The summed E-state index contributed by atoms with van der Waals surface area (Å²) in [7, 11) is 1.72. The molecule has 0 bridgehead atoms. The van der Waals surface area contributed by atoms with E-state index >= 15 is 0 Å². The van der Waals surface area contributed by atoms with Gasteiger partial charge in [0.1, 0.15) is 0 Å². The number of para-hydroxylation sites is 1. The molecule has 8 heteroatoms. The van der Waals surface area contributed by atoms with Crippen LogP contribution in [0.15, 0.2) is 55.6 Å². The number of aromatic nitrogens is 4. The highest BCUT2D eigenvalue weighted by molar-refractivity contribution is 7.98. The number of thiophene rings is 1. The summed E-state index contributed by atoms with van der Waals surface area (Å²) in [6.07, 6.45) is 0. The van der Waals surface area contributed by atoms with Gasteiger partial charge >= 0.3 is 0 Å². The van der Waals surface area contributed by atoms with E-state index in [0.29, 0.717) is 33.5 Å². The van der Waals surface area contributed by atoms with Gasteiger partial charge < -0.3 is 4.52 Å². The average molecular weight is 356 g/mol. The first kappa shape index (κ1) is 15.1. The number of thioether (sulfide) groups is 1. The lowest BCUT2D eigenvalue weighted by Crippen LogP contribution is -2.19. The van der Waals surface area contributed by atoms with Crippen LogP contribution >= 0.6 is 23.1 Å². The Morgan fingerprint density at radius 2 is 2.12 bits per heavy atom. The molecule has 0 saturated heterocycles. The smallest absolute Gasteiger partial charge is 0.261 e. The van der Waals surface area contributed by atoms with Gasteiger partial charge in [-0.1, -0.05) is 29.1 Å². The molecule has 1 aromatic carbocycles. The highest BCUT2D eigenvalue weighted by Gasteiger charge is 2.12. The first-order valence-corrected chi connectivity index (χ1v) is 9.09. The van der Waals surface area contributed by atoms with Gasteiger partial charge in [0.15, 0.2) is 5.16 Å². The predicted molar refractivity (Wildman–Crippen MR) is 94.2 cm³/mol. The van der Waals surface area contributed by atoms with Gasteiger partial charge in [-0.3, -0.25) is 9.36 Å². The third kappa shape index (κ3) is 2.74. The maximum Gasteiger partial charge on any atom is 0.261 e. The molecular formula is C16H12N4O2S2. The zero-order valence-corrected chi connectivity index (χ0v) is 14.3. The van der Waals surface area contributed by atoms with Gasteiger partial charge in [0, 0.05) is 18.0 Å². The molecule has 0 saturated carbocycles. The van der Waals surface area contributed by atoms with Crippen LogP contribution in [0, 0.1) is 0 Å². The molecule has 4 aromatic rings. The summed E-state index contributed by atoms with van der Waals surface area (Å²) in [5.41, 5.74) is 1.57. The highest BCUT2D eigenvalue weighted by Crippen LogP contribution is 2.23. The molecule has 6 nitrogen and oxygen atoms in total. The molecule has 0 fully saturated rings. The van der Waals surface area contributed by atoms with Crippen molar-refractivity contribution in [3.05, 3.63) is 57.3 Å². The second-order valence-corrected chi connectivity index (χ2v) is 6.81. The highest BCUT2D eigenvalue weighted by atomic mass is 32.2. The Hall–Kier alpha value is -2.45. The van der Waals surface area contributed by atoms with Gasteiger partial charge in [-0.2, -0.15) is 16.3 Å². The molecule has 0 amide bonds. The van der Waals surface area contributed by atoms with Gasteiger partial charge in [0.05, 0.1) is 16.7 Å². The van der Waals surface area contributed by atoms with Crippen molar-refractivity contribution >= 4 is 34.0 Å². The summed E-state index contributed by atoms with van der Waals surface area (Å²) < 4.78 is 6.82. The maximum absolute atomic E-state index is 12.4. The van der Waals surface area contributed by atoms with E-state index in [4.69, 9.17) is 4.52 Å². The second-order valence-electron chi connectivity index (χ2n) is 5.09. The fourth-order valence-corrected chi connectivity index (χ4v) is 3.72. The van der Waals surface area contributed by atoms with Crippen molar-refractivity contribution in [2.24, 2.45) is 7.05 Å². The molecule has 3 heterocycles. The first-order valence-electron chi connectivity index (χ1n) is 7.16. The van der Waals surface area contributed by atoms with Crippen LogP contribution in [-0.4, -0.2) is 19.7 Å². The molecule has 4 rings (SSSR count). The average Bonchev–Trinajstić information content (AvgIpc) is 3.28. The fourth-order valence-electron chi connectivity index (χ4n) is 2.28. The summed E-state index contributed by atoms with van der Waals surface area (Å²) in [6.45, 7) is 0. The number of rotatable bonds is 4. The minimum Gasteiger partial charge on any atom is -0.338 e. The second kappa shape index (κ2) is 6.21. The van der Waals surface area contributed by atoms with Gasteiger partial charge in [-0.05, 0) is 23.6 Å². The molecule has 3 aromatic heterocycles. The molecule has 0 N–H and O–H groups in total. The van der Waals surface area contributed by atoms with Crippen molar-refractivity contribution in [1.29, 1.82) is 0 Å². The topological polar surface area (TPSA) is 73.8 Å². The fraction of sp³-hybridized carbons (Fsp3) is 0.125. The van der Waals surface area contributed by atoms with Crippen LogP contribution in [-0.2, 0) is 12.8 Å². The lowest BCUT2D eigenvalue weighted by molar-refractivity contribution is 0.391. The lowest BCUT2D eigenvalue weighted by atomic mass is 10.2. The normalized spacial score (nSPS) is 11.2. The molecule has 0 spiro atoms. The molecule has 0 radical (unpaired) electrons. The van der Waals surface area contributed by atoms with E-state index in [0.717, 1.165) is 5.56 Å². The Labute approximate surface area is 145 Å². The summed E-state index contributed by atoms with van der Waals surface area (Å²) in [6, 6.07) is 9.27. The Morgan fingerprint density at radius 1 is 1.25 bits per heavy atom. The third-order valence-electron chi connectivity index (χ3n) is 3.51. The van der Waals surface area contributed by atoms with E-state index in [1.54, 1.807) is 29.0 Å². The minimum atomic E-state index is -0.0624. The zero-order chi connectivity index (χ0) is 16.5. The molecule has 120 valence electrons. The van der Waals surface area contributed by atoms with Gasteiger partial charge in [-0.25, -0.2) is 4.98 Å². The Bertz CT molecular complexity index is 1050. The van der Waals surface area contributed by atoms with Crippen LogP contribution in [0.25, 0.3) is 22.3 Å². The quantitative estimate of drug-likeness (QED) is 0.412. The summed E-state index contributed by atoms with van der Waals surface area (Å²) in [5.74, 6) is 1.53. The standard InChI is InChI=1S/C16H12N4O2S2/c1-20-15(21)11-4-2-3-5-12(11)17-16(20)24-9-13-18-14(19-22-13)10-6-7-23-8-10/h2-8H,9H2,1H3. The van der Waals surface area contributed by atoms with Crippen LogP contribution in [0.4, 0.5) is 0 Å². The van der Waals surface area contributed by atoms with Crippen molar-refractivity contribution in [3.8, 4) is 11.4 Å². The maximum atomic E-state index is 12.4. The largest absolute Gasteiger partial charge is 0.338 e. The van der Waals surface area contributed by atoms with Crippen molar-refractivity contribution in [2.45, 2.75) is 10.9 Å². The number of hydrogen-bond acceptors (Lipinski definition) is 7. The lowest BCUT2D eigenvalue weighted by Gasteiger charge is -2.07. The predicted octanol–water partition coefficient (Wildman–Crippen LogP) is 3.34. The molecule has 0 aliphatic carbocycles. The molecule has 0 unspecified atom stereocenters. The van der Waals surface area contributed by atoms with Crippen LogP contribution in [0.1, 0.15) is 5.89 Å². The summed E-state index contributed by atoms with van der Waals surface area (Å²) >= 11 is 2.98. The summed E-state index contributed by atoms with van der Waals surface area (Å²) in [5, 5.41) is 9.15. The monoisotopic (exact) mass is 356 g/mol. The minimum absolute atomic E-state index is 0.0624. The number of benzene rings is 1.